The minimum atomic E-state index is -3.08. The van der Waals surface area contributed by atoms with E-state index in [1.54, 1.807) is 0 Å². The average molecular weight is 396 g/mol. The quantitative estimate of drug-likeness (QED) is 0.347. The van der Waals surface area contributed by atoms with E-state index < -0.39 is 14.6 Å². The summed E-state index contributed by atoms with van der Waals surface area (Å²) in [7, 11) is -0.877. The van der Waals surface area contributed by atoms with Crippen LogP contribution in [0.25, 0.3) is 0 Å². The summed E-state index contributed by atoms with van der Waals surface area (Å²) in [5.41, 5.74) is 0. The van der Waals surface area contributed by atoms with Crippen molar-refractivity contribution in [3.8, 4) is 0 Å². The SMILES string of the molecule is F[C-](F)F.[Cu+].c1ccc([PH+](c2ccccc2)c2ccccc2)cc1. The largest absolute Gasteiger partial charge is 1.00 e. The molecule has 24 heavy (non-hydrogen) atoms. The topological polar surface area (TPSA) is 0 Å². The molecule has 3 rings (SSSR count). The Morgan fingerprint density at radius 1 is 0.500 bits per heavy atom. The van der Waals surface area contributed by atoms with Crippen molar-refractivity contribution in [2.45, 2.75) is 0 Å². The van der Waals surface area contributed by atoms with Gasteiger partial charge in [-0.1, -0.05) is 54.6 Å². The van der Waals surface area contributed by atoms with E-state index in [1.807, 2.05) is 0 Å². The number of benzene rings is 3. The van der Waals surface area contributed by atoms with Crippen molar-refractivity contribution >= 4 is 23.8 Å². The molecule has 3 aromatic rings. The molecule has 0 heterocycles. The van der Waals surface area contributed by atoms with Crippen molar-refractivity contribution < 1.29 is 30.2 Å². The third-order valence-corrected chi connectivity index (χ3v) is 5.92. The Kier molecular flexibility index (Phi) is 9.41. The van der Waals surface area contributed by atoms with Gasteiger partial charge in [0, 0.05) is 0 Å². The molecule has 3 aromatic carbocycles. The summed E-state index contributed by atoms with van der Waals surface area (Å²) in [6.07, 6.45) is 0. The molecule has 0 saturated carbocycles. The summed E-state index contributed by atoms with van der Waals surface area (Å²) in [4.78, 5) is 0. The average Bonchev–Trinajstić information content (AvgIpc) is 2.58. The van der Waals surface area contributed by atoms with Gasteiger partial charge in [-0.2, -0.15) is 0 Å². The normalized spacial score (nSPS) is 9.88. The van der Waals surface area contributed by atoms with E-state index in [0.717, 1.165) is 0 Å². The number of hydrogen-bond donors (Lipinski definition) is 0. The third kappa shape index (κ3) is 6.49. The molecular formula is C19H16CuF3P+. The monoisotopic (exact) mass is 395 g/mol. The van der Waals surface area contributed by atoms with Crippen molar-refractivity contribution in [3.05, 3.63) is 97.7 Å². The molecule has 0 saturated heterocycles. The second kappa shape index (κ2) is 11.0. The van der Waals surface area contributed by atoms with E-state index in [1.165, 1.54) is 15.9 Å². The molecule has 0 unspecified atom stereocenters. The van der Waals surface area contributed by atoms with Crippen LogP contribution in [0.1, 0.15) is 0 Å². The fraction of sp³-hybridized carbons (Fsp3) is 0. The van der Waals surface area contributed by atoms with Crippen LogP contribution >= 0.6 is 7.92 Å². The number of hydrogen-bond acceptors (Lipinski definition) is 0. The van der Waals surface area contributed by atoms with Gasteiger partial charge in [0.05, 0.1) is 7.92 Å². The minimum absolute atomic E-state index is 0. The standard InChI is InChI=1S/C18H15P.CF3.Cu/c1-4-10-16(11-5-1)19(17-12-6-2-7-13-17)18-14-8-3-9-15-18;2-1(3)4;/h1-15H;;/q;-1;+1/p+1. The van der Waals surface area contributed by atoms with Gasteiger partial charge in [-0.3, -0.25) is 0 Å². The van der Waals surface area contributed by atoms with Crippen LogP contribution in [0.2, 0.25) is 0 Å². The van der Waals surface area contributed by atoms with Crippen molar-refractivity contribution in [2.75, 3.05) is 0 Å². The molecule has 0 aliphatic heterocycles. The van der Waals surface area contributed by atoms with Crippen molar-refractivity contribution in [1.82, 2.24) is 0 Å². The summed E-state index contributed by atoms with van der Waals surface area (Å²) >= 11 is 0. The fourth-order valence-corrected chi connectivity index (χ4v) is 4.89. The first kappa shape index (κ1) is 20.4. The molecule has 0 bridgehead atoms. The van der Waals surface area contributed by atoms with Crippen LogP contribution in [-0.4, -0.2) is 0 Å². The molecular weight excluding hydrogens is 380 g/mol. The first-order valence-corrected chi connectivity index (χ1v) is 8.55. The Labute approximate surface area is 152 Å². The fourth-order valence-electron chi connectivity index (χ4n) is 2.31. The zero-order valence-electron chi connectivity index (χ0n) is 12.6. The molecule has 0 N–H and O–H groups in total. The first-order chi connectivity index (χ1) is 11.2. The van der Waals surface area contributed by atoms with Crippen molar-refractivity contribution in [3.63, 3.8) is 0 Å². The van der Waals surface area contributed by atoms with Gasteiger partial charge >= 0.3 is 17.1 Å². The molecule has 0 spiro atoms. The molecule has 0 fully saturated rings. The molecule has 0 amide bonds. The predicted octanol–water partition coefficient (Wildman–Crippen LogP) is 4.52. The molecule has 0 aliphatic rings. The summed E-state index contributed by atoms with van der Waals surface area (Å²) < 4.78 is 28.8. The van der Waals surface area contributed by atoms with Gasteiger partial charge in [-0.05, 0) is 36.4 Å². The first-order valence-electron chi connectivity index (χ1n) is 7.05. The summed E-state index contributed by atoms with van der Waals surface area (Å²) in [5.74, 6) is 0. The van der Waals surface area contributed by atoms with Gasteiger partial charge in [0.1, 0.15) is 15.9 Å². The van der Waals surface area contributed by atoms with Gasteiger partial charge < -0.3 is 13.2 Å². The van der Waals surface area contributed by atoms with Gasteiger partial charge in [-0.25, -0.2) is 0 Å². The zero-order chi connectivity index (χ0) is 16.5. The Hall–Kier alpha value is -1.60. The molecule has 0 radical (unpaired) electrons. The molecule has 0 atom stereocenters. The number of rotatable bonds is 3. The van der Waals surface area contributed by atoms with E-state index in [9.17, 15) is 13.2 Å². The van der Waals surface area contributed by atoms with Crippen LogP contribution < -0.4 is 15.9 Å². The van der Waals surface area contributed by atoms with Crippen molar-refractivity contribution in [1.29, 1.82) is 0 Å². The smallest absolute Gasteiger partial charge is 0.385 e. The second-order valence-electron chi connectivity index (χ2n) is 4.69. The van der Waals surface area contributed by atoms with Crippen LogP contribution in [0.5, 0.6) is 0 Å². The van der Waals surface area contributed by atoms with E-state index in [-0.39, 0.29) is 17.1 Å². The molecule has 0 aliphatic carbocycles. The summed E-state index contributed by atoms with van der Waals surface area (Å²) in [5, 5.41) is 4.31. The molecule has 128 valence electrons. The van der Waals surface area contributed by atoms with Crippen LogP contribution in [0.15, 0.2) is 91.0 Å². The van der Waals surface area contributed by atoms with Crippen LogP contribution in [0.3, 0.4) is 0 Å². The number of halogens is 3. The van der Waals surface area contributed by atoms with Gasteiger partial charge in [0.15, 0.2) is 6.68 Å². The van der Waals surface area contributed by atoms with Gasteiger partial charge in [0.25, 0.3) is 0 Å². The summed E-state index contributed by atoms with van der Waals surface area (Å²) in [6, 6.07) is 32.5. The Balaban J connectivity index is 0.000000522. The third-order valence-electron chi connectivity index (χ3n) is 3.19. The maximum Gasteiger partial charge on any atom is 1.00 e. The van der Waals surface area contributed by atoms with E-state index in [0.29, 0.717) is 0 Å². The van der Waals surface area contributed by atoms with Crippen molar-refractivity contribution in [2.24, 2.45) is 0 Å². The van der Waals surface area contributed by atoms with E-state index in [4.69, 9.17) is 0 Å². The zero-order valence-corrected chi connectivity index (χ0v) is 14.5. The summed E-state index contributed by atoms with van der Waals surface area (Å²) in [6.45, 7) is -3.08. The molecule has 5 heteroatoms. The maximum atomic E-state index is 9.58. The van der Waals surface area contributed by atoms with Crippen LogP contribution in [-0.2, 0) is 17.1 Å². The Morgan fingerprint density at radius 2 is 0.708 bits per heavy atom. The molecule has 0 aromatic heterocycles. The van der Waals surface area contributed by atoms with Crippen LogP contribution in [0.4, 0.5) is 13.2 Å². The van der Waals surface area contributed by atoms with Gasteiger partial charge in [-0.15, -0.1) is 0 Å². The van der Waals surface area contributed by atoms with Gasteiger partial charge in [0.2, 0.25) is 0 Å². The maximum absolute atomic E-state index is 9.58. The Morgan fingerprint density at radius 3 is 0.917 bits per heavy atom. The van der Waals surface area contributed by atoms with Crippen LogP contribution in [0, 0.1) is 6.68 Å². The Bertz CT molecular complexity index is 582. The predicted molar refractivity (Wildman–Crippen MR) is 93.1 cm³/mol. The van der Waals surface area contributed by atoms with E-state index in [2.05, 4.69) is 91.0 Å². The minimum Gasteiger partial charge on any atom is -0.385 e. The van der Waals surface area contributed by atoms with E-state index >= 15 is 0 Å². The molecule has 0 nitrogen and oxygen atoms in total. The second-order valence-corrected chi connectivity index (χ2v) is 7.17.